The maximum Gasteiger partial charge on any atom is 0.338 e. The molecule has 3 rings (SSSR count). The molecule has 0 saturated carbocycles. The van der Waals surface area contributed by atoms with Crippen molar-refractivity contribution in [2.75, 3.05) is 17.7 Å². The van der Waals surface area contributed by atoms with Gasteiger partial charge in [0.15, 0.2) is 6.61 Å². The maximum atomic E-state index is 12.3. The van der Waals surface area contributed by atoms with E-state index in [4.69, 9.17) is 4.74 Å². The summed E-state index contributed by atoms with van der Waals surface area (Å²) in [5.41, 5.74) is 3.06. The second-order valence-corrected chi connectivity index (χ2v) is 8.01. The van der Waals surface area contributed by atoms with Gasteiger partial charge in [0.2, 0.25) is 5.91 Å². The summed E-state index contributed by atoms with van der Waals surface area (Å²) in [6.07, 6.45) is 1.16. The number of benzene rings is 2. The van der Waals surface area contributed by atoms with Crippen LogP contribution in [0.3, 0.4) is 0 Å². The lowest BCUT2D eigenvalue weighted by Crippen LogP contribution is -2.32. The van der Waals surface area contributed by atoms with Crippen LogP contribution in [-0.4, -0.2) is 30.1 Å². The lowest BCUT2D eigenvalue weighted by molar-refractivity contribution is -0.125. The minimum absolute atomic E-state index is 0.0807. The topological polar surface area (TPSA) is 84.5 Å². The number of hydrogen-bond donors (Lipinski definition) is 2. The quantitative estimate of drug-likeness (QED) is 0.704. The molecular formula is C22H24N2O4S. The summed E-state index contributed by atoms with van der Waals surface area (Å²) >= 11 is 1.56. The van der Waals surface area contributed by atoms with Gasteiger partial charge in [-0.1, -0.05) is 36.8 Å². The van der Waals surface area contributed by atoms with Crippen molar-refractivity contribution in [2.24, 2.45) is 0 Å². The van der Waals surface area contributed by atoms with Gasteiger partial charge in [0, 0.05) is 17.1 Å². The zero-order valence-electron chi connectivity index (χ0n) is 16.5. The van der Waals surface area contributed by atoms with Crippen LogP contribution in [0.4, 0.5) is 5.69 Å². The molecule has 152 valence electrons. The van der Waals surface area contributed by atoms with Gasteiger partial charge in [0.1, 0.15) is 0 Å². The van der Waals surface area contributed by atoms with Crippen molar-refractivity contribution in [3.8, 4) is 0 Å². The van der Waals surface area contributed by atoms with Crippen molar-refractivity contribution in [1.29, 1.82) is 0 Å². The van der Waals surface area contributed by atoms with Gasteiger partial charge in [-0.2, -0.15) is 0 Å². The molecule has 1 aliphatic rings. The van der Waals surface area contributed by atoms with Crippen molar-refractivity contribution in [2.45, 2.75) is 37.6 Å². The van der Waals surface area contributed by atoms with E-state index in [9.17, 15) is 14.4 Å². The minimum Gasteiger partial charge on any atom is -0.452 e. The van der Waals surface area contributed by atoms with E-state index in [1.165, 1.54) is 0 Å². The highest BCUT2D eigenvalue weighted by atomic mass is 32.2. The molecule has 6 nitrogen and oxygen atoms in total. The highest BCUT2D eigenvalue weighted by Gasteiger charge is 2.18. The average molecular weight is 413 g/mol. The van der Waals surface area contributed by atoms with E-state index in [0.29, 0.717) is 23.4 Å². The van der Waals surface area contributed by atoms with Crippen LogP contribution in [0, 0.1) is 6.92 Å². The number of ether oxygens (including phenoxy) is 1. The summed E-state index contributed by atoms with van der Waals surface area (Å²) in [7, 11) is 0. The predicted molar refractivity (Wildman–Crippen MR) is 113 cm³/mol. The molecule has 0 aliphatic carbocycles. The molecule has 0 aromatic heterocycles. The highest BCUT2D eigenvalue weighted by molar-refractivity contribution is 7.99. The van der Waals surface area contributed by atoms with Gasteiger partial charge in [-0.05, 0) is 37.1 Å². The molecular weight excluding hydrogens is 388 g/mol. The first-order valence-electron chi connectivity index (χ1n) is 9.56. The van der Waals surface area contributed by atoms with Crippen LogP contribution >= 0.6 is 11.8 Å². The van der Waals surface area contributed by atoms with Crippen LogP contribution in [-0.2, 0) is 14.3 Å². The molecule has 0 spiro atoms. The summed E-state index contributed by atoms with van der Waals surface area (Å²) in [5.74, 6) is -0.343. The molecule has 0 saturated heterocycles. The number of carbonyl (C=O) groups excluding carboxylic acids is 3. The number of rotatable bonds is 6. The van der Waals surface area contributed by atoms with E-state index in [-0.39, 0.29) is 24.5 Å². The van der Waals surface area contributed by atoms with E-state index in [1.54, 1.807) is 30.0 Å². The number of anilines is 1. The normalized spacial score (nSPS) is 14.2. The van der Waals surface area contributed by atoms with Crippen molar-refractivity contribution >= 4 is 35.2 Å². The standard InChI is InChI=1S/C22H24N2O4S/c1-3-17(15-6-4-14(2)5-7-15)23-21(26)13-28-22(27)16-8-9-19-18(12-16)24-20(25)10-11-29-19/h4-9,12,17H,3,10-11,13H2,1-2H3,(H,23,26)(H,24,25)/t17-/m0/s1. The highest BCUT2D eigenvalue weighted by Crippen LogP contribution is 2.31. The van der Waals surface area contributed by atoms with Gasteiger partial charge in [0.25, 0.3) is 5.91 Å². The first-order chi connectivity index (χ1) is 14.0. The minimum atomic E-state index is -0.602. The second kappa shape index (κ2) is 9.60. The van der Waals surface area contributed by atoms with Crippen LogP contribution < -0.4 is 10.6 Å². The number of esters is 1. The Bertz CT molecular complexity index is 912. The largest absolute Gasteiger partial charge is 0.452 e. The molecule has 7 heteroatoms. The predicted octanol–water partition coefficient (Wildman–Crippen LogP) is 3.85. The van der Waals surface area contributed by atoms with Crippen molar-refractivity contribution < 1.29 is 19.1 Å². The van der Waals surface area contributed by atoms with E-state index in [2.05, 4.69) is 10.6 Å². The van der Waals surface area contributed by atoms with Gasteiger partial charge in [-0.25, -0.2) is 4.79 Å². The number of amides is 2. The Labute approximate surface area is 174 Å². The molecule has 2 amide bonds. The second-order valence-electron chi connectivity index (χ2n) is 6.87. The molecule has 2 aromatic rings. The van der Waals surface area contributed by atoms with Gasteiger partial charge in [-0.15, -0.1) is 11.8 Å². The Kier molecular flexibility index (Phi) is 6.93. The number of carbonyl (C=O) groups is 3. The van der Waals surface area contributed by atoms with E-state index in [1.807, 2.05) is 38.1 Å². The third kappa shape index (κ3) is 5.60. The van der Waals surface area contributed by atoms with Gasteiger partial charge in [-0.3, -0.25) is 9.59 Å². The fraction of sp³-hybridized carbons (Fsp3) is 0.318. The summed E-state index contributed by atoms with van der Waals surface area (Å²) in [6, 6.07) is 12.8. The van der Waals surface area contributed by atoms with Crippen molar-refractivity contribution in [1.82, 2.24) is 5.32 Å². The van der Waals surface area contributed by atoms with Crippen LogP contribution in [0.15, 0.2) is 47.4 Å². The number of aryl methyl sites for hydroxylation is 1. The van der Waals surface area contributed by atoms with Gasteiger partial charge >= 0.3 is 5.97 Å². The number of hydrogen-bond acceptors (Lipinski definition) is 5. The fourth-order valence-corrected chi connectivity index (χ4v) is 3.95. The Morgan fingerprint density at radius 2 is 1.97 bits per heavy atom. The first-order valence-corrected chi connectivity index (χ1v) is 10.5. The third-order valence-electron chi connectivity index (χ3n) is 4.63. The Balaban J connectivity index is 1.58. The molecule has 2 aromatic carbocycles. The van der Waals surface area contributed by atoms with E-state index < -0.39 is 5.97 Å². The molecule has 1 aliphatic heterocycles. The monoisotopic (exact) mass is 412 g/mol. The average Bonchev–Trinajstić information content (AvgIpc) is 2.90. The van der Waals surface area contributed by atoms with Crippen molar-refractivity contribution in [3.63, 3.8) is 0 Å². The molecule has 1 heterocycles. The molecule has 0 bridgehead atoms. The summed E-state index contributed by atoms with van der Waals surface area (Å²) in [4.78, 5) is 37.2. The van der Waals surface area contributed by atoms with Crippen LogP contribution in [0.2, 0.25) is 0 Å². The Hall–Kier alpha value is -2.80. The summed E-state index contributed by atoms with van der Waals surface area (Å²) < 4.78 is 5.17. The lowest BCUT2D eigenvalue weighted by Gasteiger charge is -2.17. The van der Waals surface area contributed by atoms with Crippen LogP contribution in [0.1, 0.15) is 47.3 Å². The number of thioether (sulfide) groups is 1. The zero-order chi connectivity index (χ0) is 20.8. The summed E-state index contributed by atoms with van der Waals surface area (Å²) in [6.45, 7) is 3.63. The number of fused-ring (bicyclic) bond motifs is 1. The Morgan fingerprint density at radius 3 is 2.69 bits per heavy atom. The summed E-state index contributed by atoms with van der Waals surface area (Å²) in [5, 5.41) is 5.69. The molecule has 0 unspecified atom stereocenters. The van der Waals surface area contributed by atoms with Gasteiger partial charge in [0.05, 0.1) is 17.3 Å². The molecule has 0 fully saturated rings. The van der Waals surface area contributed by atoms with E-state index in [0.717, 1.165) is 22.4 Å². The Morgan fingerprint density at radius 1 is 1.21 bits per heavy atom. The van der Waals surface area contributed by atoms with Crippen molar-refractivity contribution in [3.05, 3.63) is 59.2 Å². The molecule has 1 atom stereocenters. The SMILES string of the molecule is CC[C@H](NC(=O)COC(=O)c1ccc2c(c1)NC(=O)CCS2)c1ccc(C)cc1. The molecule has 29 heavy (non-hydrogen) atoms. The first kappa shape index (κ1) is 20.9. The van der Waals surface area contributed by atoms with E-state index >= 15 is 0 Å². The molecule has 2 N–H and O–H groups in total. The maximum absolute atomic E-state index is 12.3. The zero-order valence-corrected chi connectivity index (χ0v) is 17.3. The molecule has 0 radical (unpaired) electrons. The van der Waals surface area contributed by atoms with Crippen LogP contribution in [0.5, 0.6) is 0 Å². The smallest absolute Gasteiger partial charge is 0.338 e. The fourth-order valence-electron chi connectivity index (χ4n) is 3.02. The third-order valence-corrected chi connectivity index (χ3v) is 5.71. The van der Waals surface area contributed by atoms with Gasteiger partial charge < -0.3 is 15.4 Å². The lowest BCUT2D eigenvalue weighted by atomic mass is 10.0. The van der Waals surface area contributed by atoms with Crippen LogP contribution in [0.25, 0.3) is 0 Å². The number of nitrogens with one attached hydrogen (secondary N) is 2.